The second-order valence-electron chi connectivity index (χ2n) is 4.67. The smallest absolute Gasteiger partial charge is 0.308 e. The first-order chi connectivity index (χ1) is 7.70. The van der Waals surface area contributed by atoms with E-state index in [9.17, 15) is 9.59 Å². The van der Waals surface area contributed by atoms with Crippen molar-refractivity contribution in [2.75, 3.05) is 19.7 Å². The molecule has 0 aromatic carbocycles. The van der Waals surface area contributed by atoms with Gasteiger partial charge in [0.25, 0.3) is 0 Å². The first-order valence-corrected chi connectivity index (χ1v) is 6.13. The molecule has 0 radical (unpaired) electrons. The van der Waals surface area contributed by atoms with Gasteiger partial charge < -0.3 is 4.74 Å². The highest BCUT2D eigenvalue weighted by Crippen LogP contribution is 2.31. The molecule has 0 bridgehead atoms. The molecule has 90 valence electrons. The van der Waals surface area contributed by atoms with Crippen LogP contribution in [0.5, 0.6) is 0 Å². The minimum absolute atomic E-state index is 0.0562. The topological polar surface area (TPSA) is 46.6 Å². The van der Waals surface area contributed by atoms with Crippen LogP contribution in [0.1, 0.15) is 32.6 Å². The number of hydrogen-bond donors (Lipinski definition) is 0. The number of carbonyl (C=O) groups is 2. The molecule has 4 nitrogen and oxygen atoms in total. The van der Waals surface area contributed by atoms with Gasteiger partial charge in [-0.25, -0.2) is 0 Å². The second kappa shape index (κ2) is 4.95. The maximum atomic E-state index is 11.6. The van der Waals surface area contributed by atoms with Crippen molar-refractivity contribution in [1.82, 2.24) is 4.90 Å². The van der Waals surface area contributed by atoms with Crippen LogP contribution in [-0.4, -0.2) is 42.4 Å². The Morgan fingerprint density at radius 3 is 2.94 bits per heavy atom. The molecule has 4 heteroatoms. The zero-order valence-corrected chi connectivity index (χ0v) is 9.78. The molecule has 0 aromatic heterocycles. The van der Waals surface area contributed by atoms with Crippen LogP contribution >= 0.6 is 0 Å². The van der Waals surface area contributed by atoms with Gasteiger partial charge in [-0.15, -0.1) is 0 Å². The Labute approximate surface area is 95.9 Å². The summed E-state index contributed by atoms with van der Waals surface area (Å²) in [4.78, 5) is 25.0. The molecular weight excluding hydrogens is 206 g/mol. The highest BCUT2D eigenvalue weighted by atomic mass is 16.5. The Bertz CT molecular complexity index is 290. The SMILES string of the molecule is CCOC(=O)C1CCC(N2CCC(=O)C2)C1. The van der Waals surface area contributed by atoms with Crippen LogP contribution in [0, 0.1) is 5.92 Å². The fourth-order valence-corrected chi connectivity index (χ4v) is 2.73. The standard InChI is InChI=1S/C12H19NO3/c1-2-16-12(15)9-3-4-10(7-9)13-6-5-11(14)8-13/h9-10H,2-8H2,1H3. The molecule has 2 aliphatic rings. The Morgan fingerprint density at radius 2 is 2.31 bits per heavy atom. The lowest BCUT2D eigenvalue weighted by Gasteiger charge is -2.22. The van der Waals surface area contributed by atoms with Crippen molar-refractivity contribution in [3.63, 3.8) is 0 Å². The maximum Gasteiger partial charge on any atom is 0.308 e. The van der Waals surface area contributed by atoms with E-state index in [0.29, 0.717) is 31.4 Å². The molecule has 0 N–H and O–H groups in total. The summed E-state index contributed by atoms with van der Waals surface area (Å²) in [6.45, 7) is 3.75. The molecule has 1 aliphatic carbocycles. The summed E-state index contributed by atoms with van der Waals surface area (Å²) in [5.74, 6) is 0.329. The number of ketones is 1. The summed E-state index contributed by atoms with van der Waals surface area (Å²) in [6, 6.07) is 0.417. The highest BCUT2D eigenvalue weighted by molar-refractivity contribution is 5.82. The fraction of sp³-hybridized carbons (Fsp3) is 0.833. The van der Waals surface area contributed by atoms with E-state index in [0.717, 1.165) is 25.8 Å². The van der Waals surface area contributed by atoms with Crippen molar-refractivity contribution >= 4 is 11.8 Å². The third-order valence-corrected chi connectivity index (χ3v) is 3.60. The van der Waals surface area contributed by atoms with Gasteiger partial charge >= 0.3 is 5.97 Å². The molecule has 1 heterocycles. The van der Waals surface area contributed by atoms with E-state index in [-0.39, 0.29) is 11.9 Å². The van der Waals surface area contributed by atoms with Gasteiger partial charge in [0.15, 0.2) is 0 Å². The Balaban J connectivity index is 1.83. The van der Waals surface area contributed by atoms with E-state index >= 15 is 0 Å². The lowest BCUT2D eigenvalue weighted by atomic mass is 10.1. The highest BCUT2D eigenvalue weighted by Gasteiger charge is 2.36. The van der Waals surface area contributed by atoms with Crippen LogP contribution in [0.3, 0.4) is 0 Å². The van der Waals surface area contributed by atoms with Crippen LogP contribution in [0.2, 0.25) is 0 Å². The van der Waals surface area contributed by atoms with E-state index in [1.54, 1.807) is 0 Å². The molecule has 2 atom stereocenters. The number of Topliss-reactive ketones (excluding diaryl/α,β-unsaturated/α-hetero) is 1. The minimum atomic E-state index is -0.0597. The van der Waals surface area contributed by atoms with Crippen molar-refractivity contribution in [3.8, 4) is 0 Å². The molecule has 16 heavy (non-hydrogen) atoms. The lowest BCUT2D eigenvalue weighted by molar-refractivity contribution is -0.147. The van der Waals surface area contributed by atoms with Crippen LogP contribution < -0.4 is 0 Å². The van der Waals surface area contributed by atoms with Crippen LogP contribution in [-0.2, 0) is 14.3 Å². The number of nitrogens with zero attached hydrogens (tertiary/aromatic N) is 1. The molecule has 2 unspecified atom stereocenters. The van der Waals surface area contributed by atoms with E-state index in [1.807, 2.05) is 6.92 Å². The first kappa shape index (κ1) is 11.6. The summed E-state index contributed by atoms with van der Waals surface area (Å²) in [5, 5.41) is 0. The van der Waals surface area contributed by atoms with Crippen molar-refractivity contribution < 1.29 is 14.3 Å². The normalized spacial score (nSPS) is 30.9. The molecule has 2 fully saturated rings. The predicted octanol–water partition coefficient (Wildman–Crippen LogP) is 0.993. The molecule has 0 aromatic rings. The largest absolute Gasteiger partial charge is 0.466 e. The van der Waals surface area contributed by atoms with Crippen LogP contribution in [0.15, 0.2) is 0 Å². The summed E-state index contributed by atoms with van der Waals surface area (Å²) >= 11 is 0. The second-order valence-corrected chi connectivity index (χ2v) is 4.67. The first-order valence-electron chi connectivity index (χ1n) is 6.13. The summed E-state index contributed by atoms with van der Waals surface area (Å²) < 4.78 is 5.03. The number of carbonyl (C=O) groups excluding carboxylic acids is 2. The van der Waals surface area contributed by atoms with Crippen LogP contribution in [0.25, 0.3) is 0 Å². The van der Waals surface area contributed by atoms with Crippen molar-refractivity contribution in [2.24, 2.45) is 5.92 Å². The third kappa shape index (κ3) is 2.43. The molecule has 1 saturated carbocycles. The van der Waals surface area contributed by atoms with Gasteiger partial charge in [-0.3, -0.25) is 14.5 Å². The maximum absolute atomic E-state index is 11.6. The van der Waals surface area contributed by atoms with Gasteiger partial charge in [0, 0.05) is 19.0 Å². The van der Waals surface area contributed by atoms with E-state index in [2.05, 4.69) is 4.90 Å². The average Bonchev–Trinajstić information content (AvgIpc) is 2.85. The number of hydrogen-bond acceptors (Lipinski definition) is 4. The number of ether oxygens (including phenoxy) is 1. The lowest BCUT2D eigenvalue weighted by Crippen LogP contribution is -2.32. The zero-order valence-electron chi connectivity index (χ0n) is 9.78. The van der Waals surface area contributed by atoms with E-state index < -0.39 is 0 Å². The van der Waals surface area contributed by atoms with Gasteiger partial charge in [0.2, 0.25) is 0 Å². The van der Waals surface area contributed by atoms with Crippen LogP contribution in [0.4, 0.5) is 0 Å². The van der Waals surface area contributed by atoms with Crippen molar-refractivity contribution in [3.05, 3.63) is 0 Å². The number of esters is 1. The Kier molecular flexibility index (Phi) is 3.59. The van der Waals surface area contributed by atoms with Crippen molar-refractivity contribution in [1.29, 1.82) is 0 Å². The van der Waals surface area contributed by atoms with Gasteiger partial charge in [0.1, 0.15) is 5.78 Å². The number of likely N-dealkylation sites (tertiary alicyclic amines) is 1. The van der Waals surface area contributed by atoms with Gasteiger partial charge in [-0.1, -0.05) is 0 Å². The van der Waals surface area contributed by atoms with Gasteiger partial charge in [0.05, 0.1) is 19.1 Å². The Morgan fingerprint density at radius 1 is 1.50 bits per heavy atom. The van der Waals surface area contributed by atoms with Crippen molar-refractivity contribution in [2.45, 2.75) is 38.6 Å². The molecule has 0 amide bonds. The molecule has 2 rings (SSSR count). The molecular formula is C12H19NO3. The monoisotopic (exact) mass is 225 g/mol. The average molecular weight is 225 g/mol. The quantitative estimate of drug-likeness (QED) is 0.672. The molecule has 1 aliphatic heterocycles. The summed E-state index contributed by atoms with van der Waals surface area (Å²) in [7, 11) is 0. The predicted molar refractivity (Wildman–Crippen MR) is 59.0 cm³/mol. The van der Waals surface area contributed by atoms with Gasteiger partial charge in [-0.05, 0) is 26.2 Å². The molecule has 1 saturated heterocycles. The summed E-state index contributed by atoms with van der Waals surface area (Å²) in [5.41, 5.74) is 0. The molecule has 0 spiro atoms. The van der Waals surface area contributed by atoms with E-state index in [4.69, 9.17) is 4.74 Å². The Hall–Kier alpha value is -0.900. The van der Waals surface area contributed by atoms with E-state index in [1.165, 1.54) is 0 Å². The number of rotatable bonds is 3. The summed E-state index contributed by atoms with van der Waals surface area (Å²) in [6.07, 6.45) is 3.48. The fourth-order valence-electron chi connectivity index (χ4n) is 2.73. The zero-order chi connectivity index (χ0) is 11.5. The minimum Gasteiger partial charge on any atom is -0.466 e. The third-order valence-electron chi connectivity index (χ3n) is 3.60. The van der Waals surface area contributed by atoms with Gasteiger partial charge in [-0.2, -0.15) is 0 Å².